The Kier molecular flexibility index (Phi) is 5.84. The zero-order valence-electron chi connectivity index (χ0n) is 13.4. The summed E-state index contributed by atoms with van der Waals surface area (Å²) >= 11 is 0. The van der Waals surface area contributed by atoms with Gasteiger partial charge in [-0.2, -0.15) is 4.31 Å². The third-order valence-electron chi connectivity index (χ3n) is 3.69. The average Bonchev–Trinajstić information content (AvgIpc) is 2.53. The molecule has 0 fully saturated rings. The van der Waals surface area contributed by atoms with Crippen LogP contribution < -0.4 is 10.1 Å². The second kappa shape index (κ2) is 7.65. The van der Waals surface area contributed by atoms with Crippen LogP contribution in [0.5, 0.6) is 5.75 Å². The van der Waals surface area contributed by atoms with Gasteiger partial charge in [0.15, 0.2) is 0 Å². The molecule has 1 N–H and O–H groups in total. The van der Waals surface area contributed by atoms with E-state index in [0.29, 0.717) is 19.5 Å². The maximum absolute atomic E-state index is 12.4. The molecule has 0 aromatic heterocycles. The first-order chi connectivity index (χ1) is 11.0. The Labute approximate surface area is 136 Å². The minimum absolute atomic E-state index is 0.0349. The zero-order chi connectivity index (χ0) is 16.9. The van der Waals surface area contributed by atoms with Gasteiger partial charge in [-0.1, -0.05) is 6.07 Å². The van der Waals surface area contributed by atoms with Crippen molar-refractivity contribution >= 4 is 16.1 Å². The number of nitrogens with one attached hydrogen (secondary N) is 1. The monoisotopic (exact) mass is 342 g/mol. The molecule has 1 aliphatic rings. The molecule has 0 radical (unpaired) electrons. The third-order valence-corrected chi connectivity index (χ3v) is 5.51. The minimum atomic E-state index is -3.42. The lowest BCUT2D eigenvalue weighted by atomic mass is 10.0. The molecule has 0 unspecified atom stereocenters. The summed E-state index contributed by atoms with van der Waals surface area (Å²) in [6.07, 6.45) is 0.0515. The van der Waals surface area contributed by atoms with Gasteiger partial charge >= 0.3 is 6.09 Å². The summed E-state index contributed by atoms with van der Waals surface area (Å²) in [5.74, 6) is 0.635. The lowest BCUT2D eigenvalue weighted by Crippen LogP contribution is -2.40. The quantitative estimate of drug-likeness (QED) is 0.838. The van der Waals surface area contributed by atoms with Crippen LogP contribution in [-0.4, -0.2) is 51.4 Å². The molecule has 0 aliphatic carbocycles. The number of methoxy groups -OCH3 is 1. The van der Waals surface area contributed by atoms with Crippen LogP contribution in [-0.2, 0) is 27.7 Å². The van der Waals surface area contributed by atoms with Gasteiger partial charge < -0.3 is 14.8 Å². The second-order valence-electron chi connectivity index (χ2n) is 5.18. The zero-order valence-corrected chi connectivity index (χ0v) is 14.2. The number of rotatable bonds is 6. The summed E-state index contributed by atoms with van der Waals surface area (Å²) in [4.78, 5) is 11.2. The number of nitrogens with zero attached hydrogens (tertiary/aromatic N) is 1. The fourth-order valence-corrected chi connectivity index (χ4v) is 3.78. The van der Waals surface area contributed by atoms with Gasteiger partial charge in [0.25, 0.3) is 0 Å². The number of alkyl carbamates (subject to hydrolysis) is 1. The van der Waals surface area contributed by atoms with Crippen LogP contribution in [0.15, 0.2) is 18.2 Å². The molecule has 0 saturated carbocycles. The Hall–Kier alpha value is -1.80. The number of hydrogen-bond acceptors (Lipinski definition) is 5. The Balaban J connectivity index is 1.95. The Bertz CT molecular complexity index is 660. The molecule has 0 spiro atoms. The van der Waals surface area contributed by atoms with E-state index in [2.05, 4.69) is 5.32 Å². The van der Waals surface area contributed by atoms with Crippen molar-refractivity contribution in [1.29, 1.82) is 0 Å². The highest BCUT2D eigenvalue weighted by Gasteiger charge is 2.26. The van der Waals surface area contributed by atoms with Crippen LogP contribution in [0.1, 0.15) is 18.1 Å². The van der Waals surface area contributed by atoms with Crippen molar-refractivity contribution in [3.63, 3.8) is 0 Å². The highest BCUT2D eigenvalue weighted by atomic mass is 32.2. The molecular weight excluding hydrogens is 320 g/mol. The minimum Gasteiger partial charge on any atom is -0.497 e. The standard InChI is InChI=1S/C15H22N2O5S/c1-3-22-15(18)16-7-9-23(19,20)17-8-6-12-10-14(21-2)5-4-13(12)11-17/h4-5,10H,3,6-9,11H2,1-2H3,(H,16,18). The van der Waals surface area contributed by atoms with E-state index < -0.39 is 16.1 Å². The van der Waals surface area contributed by atoms with E-state index in [0.717, 1.165) is 16.9 Å². The molecule has 1 amide bonds. The second-order valence-corrected chi connectivity index (χ2v) is 7.27. The number of hydrogen-bond donors (Lipinski definition) is 1. The molecule has 128 valence electrons. The molecule has 1 aromatic carbocycles. The van der Waals surface area contributed by atoms with Crippen LogP contribution in [0.3, 0.4) is 0 Å². The van der Waals surface area contributed by atoms with Gasteiger partial charge in [-0.05, 0) is 36.6 Å². The molecule has 2 rings (SSSR count). The van der Waals surface area contributed by atoms with E-state index in [1.807, 2.05) is 18.2 Å². The maximum Gasteiger partial charge on any atom is 0.407 e. The average molecular weight is 342 g/mol. The number of carbonyl (C=O) groups excluding carboxylic acids is 1. The summed E-state index contributed by atoms with van der Waals surface area (Å²) in [6.45, 7) is 2.76. The predicted octanol–water partition coefficient (Wildman–Crippen LogP) is 1.13. The summed E-state index contributed by atoms with van der Waals surface area (Å²) in [7, 11) is -1.81. The number of amides is 1. The largest absolute Gasteiger partial charge is 0.497 e. The van der Waals surface area contributed by atoms with Gasteiger partial charge in [0.1, 0.15) is 5.75 Å². The lowest BCUT2D eigenvalue weighted by Gasteiger charge is -2.28. The number of sulfonamides is 1. The Morgan fingerprint density at radius 1 is 1.35 bits per heavy atom. The molecule has 8 heteroatoms. The van der Waals surface area contributed by atoms with Gasteiger partial charge in [-0.15, -0.1) is 0 Å². The van der Waals surface area contributed by atoms with E-state index in [1.54, 1.807) is 14.0 Å². The van der Waals surface area contributed by atoms with Crippen molar-refractivity contribution in [3.8, 4) is 5.75 Å². The molecule has 0 atom stereocenters. The maximum atomic E-state index is 12.4. The fourth-order valence-electron chi connectivity index (χ4n) is 2.46. The van der Waals surface area contributed by atoms with E-state index in [1.165, 1.54) is 4.31 Å². The van der Waals surface area contributed by atoms with Crippen molar-refractivity contribution in [2.75, 3.05) is 32.6 Å². The van der Waals surface area contributed by atoms with Gasteiger partial charge in [0, 0.05) is 19.6 Å². The summed E-state index contributed by atoms with van der Waals surface area (Å²) < 4.78 is 36.1. The van der Waals surface area contributed by atoms with Crippen molar-refractivity contribution in [2.45, 2.75) is 19.9 Å². The molecule has 0 saturated heterocycles. The van der Waals surface area contributed by atoms with Crippen LogP contribution >= 0.6 is 0 Å². The Morgan fingerprint density at radius 2 is 2.13 bits per heavy atom. The summed E-state index contributed by atoms with van der Waals surface area (Å²) in [6, 6.07) is 5.67. The van der Waals surface area contributed by atoms with E-state index >= 15 is 0 Å². The van der Waals surface area contributed by atoms with Crippen molar-refractivity contribution < 1.29 is 22.7 Å². The van der Waals surface area contributed by atoms with Gasteiger partial charge in [-0.25, -0.2) is 13.2 Å². The molecule has 1 aliphatic heterocycles. The van der Waals surface area contributed by atoms with Crippen molar-refractivity contribution in [1.82, 2.24) is 9.62 Å². The number of fused-ring (bicyclic) bond motifs is 1. The Morgan fingerprint density at radius 3 is 2.83 bits per heavy atom. The van der Waals surface area contributed by atoms with Gasteiger partial charge in [0.2, 0.25) is 10.0 Å². The molecular formula is C15H22N2O5S. The molecule has 1 heterocycles. The number of ether oxygens (including phenoxy) is 2. The smallest absolute Gasteiger partial charge is 0.407 e. The van der Waals surface area contributed by atoms with Gasteiger partial charge in [-0.3, -0.25) is 0 Å². The normalized spacial score (nSPS) is 14.9. The number of carbonyl (C=O) groups is 1. The molecule has 0 bridgehead atoms. The van der Waals surface area contributed by atoms with Crippen LogP contribution in [0.4, 0.5) is 4.79 Å². The lowest BCUT2D eigenvalue weighted by molar-refractivity contribution is 0.153. The highest BCUT2D eigenvalue weighted by Crippen LogP contribution is 2.25. The molecule has 7 nitrogen and oxygen atoms in total. The first-order valence-corrected chi connectivity index (χ1v) is 9.11. The van der Waals surface area contributed by atoms with E-state index in [4.69, 9.17) is 9.47 Å². The molecule has 23 heavy (non-hydrogen) atoms. The summed E-state index contributed by atoms with van der Waals surface area (Å²) in [5.41, 5.74) is 2.10. The third kappa shape index (κ3) is 4.59. The highest BCUT2D eigenvalue weighted by molar-refractivity contribution is 7.89. The van der Waals surface area contributed by atoms with Crippen LogP contribution in [0, 0.1) is 0 Å². The van der Waals surface area contributed by atoms with Gasteiger partial charge in [0.05, 0.1) is 19.5 Å². The number of benzene rings is 1. The topological polar surface area (TPSA) is 84.9 Å². The predicted molar refractivity (Wildman–Crippen MR) is 85.9 cm³/mol. The summed E-state index contributed by atoms with van der Waals surface area (Å²) in [5, 5.41) is 2.43. The fraction of sp³-hybridized carbons (Fsp3) is 0.533. The van der Waals surface area contributed by atoms with E-state index in [9.17, 15) is 13.2 Å². The first-order valence-electron chi connectivity index (χ1n) is 7.50. The van der Waals surface area contributed by atoms with Crippen molar-refractivity contribution in [2.24, 2.45) is 0 Å². The first kappa shape index (κ1) is 17.6. The van der Waals surface area contributed by atoms with Crippen LogP contribution in [0.2, 0.25) is 0 Å². The van der Waals surface area contributed by atoms with Crippen molar-refractivity contribution in [3.05, 3.63) is 29.3 Å². The molecule has 1 aromatic rings. The van der Waals surface area contributed by atoms with Crippen LogP contribution in [0.25, 0.3) is 0 Å². The van der Waals surface area contributed by atoms with E-state index in [-0.39, 0.29) is 18.9 Å². The SMILES string of the molecule is CCOC(=O)NCCS(=O)(=O)N1CCc2cc(OC)ccc2C1.